The largest absolute Gasteiger partial charge is 0.477 e. The molecule has 0 spiro atoms. The number of thioether (sulfide) groups is 1. The number of carbonyl (C=O) groups excluding carboxylic acids is 3. The van der Waals surface area contributed by atoms with Crippen molar-refractivity contribution in [3.05, 3.63) is 27.7 Å². The van der Waals surface area contributed by atoms with Crippen LogP contribution in [0.15, 0.2) is 11.3 Å². The molecule has 12 heteroatoms. The molecule has 0 saturated carbocycles. The van der Waals surface area contributed by atoms with Crippen molar-refractivity contribution in [3.8, 4) is 0 Å². The second-order valence-electron chi connectivity index (χ2n) is 6.27. The van der Waals surface area contributed by atoms with E-state index in [1.54, 1.807) is 14.0 Å². The van der Waals surface area contributed by atoms with Crippen LogP contribution in [0.2, 0.25) is 5.02 Å². The summed E-state index contributed by atoms with van der Waals surface area (Å²) in [6.45, 7) is 2.66. The van der Waals surface area contributed by atoms with Crippen LogP contribution in [0, 0.1) is 6.92 Å². The number of aliphatic carboxylic acids is 1. The maximum Gasteiger partial charge on any atom is 0.352 e. The van der Waals surface area contributed by atoms with E-state index in [9.17, 15) is 24.3 Å². The van der Waals surface area contributed by atoms with Gasteiger partial charge in [-0.25, -0.2) is 4.79 Å². The number of carboxylic acids is 1. The molecule has 0 aliphatic carbocycles. The van der Waals surface area contributed by atoms with E-state index >= 15 is 0 Å². The summed E-state index contributed by atoms with van der Waals surface area (Å²) >= 11 is 7.38. The Labute approximate surface area is 168 Å². The summed E-state index contributed by atoms with van der Waals surface area (Å²) in [5, 5.41) is 15.8. The van der Waals surface area contributed by atoms with Gasteiger partial charge in [0.25, 0.3) is 11.8 Å². The highest BCUT2D eigenvalue weighted by atomic mass is 35.5. The molecule has 3 heterocycles. The summed E-state index contributed by atoms with van der Waals surface area (Å²) < 4.78 is 6.20. The molecule has 150 valence electrons. The van der Waals surface area contributed by atoms with Crippen LogP contribution < -0.4 is 5.32 Å². The van der Waals surface area contributed by atoms with Gasteiger partial charge in [0.15, 0.2) is 0 Å². The fraction of sp³-hybridized carbons (Fsp3) is 0.438. The summed E-state index contributed by atoms with van der Waals surface area (Å²) in [6, 6.07) is -0.895. The normalized spacial score (nSPS) is 21.1. The van der Waals surface area contributed by atoms with Crippen LogP contribution in [0.5, 0.6) is 0 Å². The Balaban J connectivity index is 1.79. The van der Waals surface area contributed by atoms with Gasteiger partial charge < -0.3 is 15.2 Å². The molecular formula is C16H17ClN4O6S. The molecule has 1 fully saturated rings. The number of carbonyl (C=O) groups is 4. The Kier molecular flexibility index (Phi) is 5.39. The lowest BCUT2D eigenvalue weighted by molar-refractivity contribution is -0.149. The Hall–Kier alpha value is -2.53. The standard InChI is InChI=1S/C16H17ClN4O6S/c1-6-9(17)12(20(3)19-6)13(23)18-10-14(24)21-11(16(25)26)8(4-27-7(2)22)5-28-15(10)21/h10,15H,4-5H2,1-3H3,(H,18,23)(H,25,26)/t10-,15+/m1/s1. The minimum Gasteiger partial charge on any atom is -0.477 e. The van der Waals surface area contributed by atoms with E-state index in [-0.39, 0.29) is 28.8 Å². The van der Waals surface area contributed by atoms with Crippen LogP contribution in [0.4, 0.5) is 0 Å². The fourth-order valence-corrected chi connectivity index (χ4v) is 4.64. The third-order valence-corrected chi connectivity index (χ3v) is 6.14. The number of fused-ring (bicyclic) bond motifs is 1. The van der Waals surface area contributed by atoms with Crippen molar-refractivity contribution in [2.45, 2.75) is 25.3 Å². The van der Waals surface area contributed by atoms with Crippen LogP contribution in [0.3, 0.4) is 0 Å². The number of amides is 2. The first-order valence-electron chi connectivity index (χ1n) is 8.16. The van der Waals surface area contributed by atoms with Crippen molar-refractivity contribution in [1.82, 2.24) is 20.0 Å². The molecule has 1 saturated heterocycles. The van der Waals surface area contributed by atoms with E-state index in [0.29, 0.717) is 11.3 Å². The van der Waals surface area contributed by atoms with Gasteiger partial charge in [-0.2, -0.15) is 5.10 Å². The Bertz CT molecular complexity index is 926. The SMILES string of the molecule is CC(=O)OCC1=C(C(=O)O)N2C(=O)[C@@H](NC(=O)c3c(Cl)c(C)nn3C)[C@@H]2SC1. The van der Waals surface area contributed by atoms with Crippen molar-refractivity contribution in [2.75, 3.05) is 12.4 Å². The quantitative estimate of drug-likeness (QED) is 0.505. The fourth-order valence-electron chi connectivity index (χ4n) is 3.07. The van der Waals surface area contributed by atoms with Crippen molar-refractivity contribution in [1.29, 1.82) is 0 Å². The van der Waals surface area contributed by atoms with E-state index in [1.165, 1.54) is 23.4 Å². The van der Waals surface area contributed by atoms with Crippen LogP contribution in [-0.2, 0) is 26.2 Å². The molecule has 0 unspecified atom stereocenters. The lowest BCUT2D eigenvalue weighted by atomic mass is 10.0. The smallest absolute Gasteiger partial charge is 0.352 e. The number of halogens is 1. The topological polar surface area (TPSA) is 131 Å². The third kappa shape index (κ3) is 3.35. The van der Waals surface area contributed by atoms with Gasteiger partial charge in [0.1, 0.15) is 29.4 Å². The Morgan fingerprint density at radius 1 is 1.43 bits per heavy atom. The number of hydrogen-bond donors (Lipinski definition) is 2. The molecule has 2 N–H and O–H groups in total. The molecule has 1 aromatic rings. The summed E-state index contributed by atoms with van der Waals surface area (Å²) in [4.78, 5) is 48.9. The third-order valence-electron chi connectivity index (χ3n) is 4.35. The van der Waals surface area contributed by atoms with Crippen molar-refractivity contribution in [2.24, 2.45) is 7.05 Å². The van der Waals surface area contributed by atoms with E-state index in [1.807, 2.05) is 0 Å². The van der Waals surface area contributed by atoms with Crippen molar-refractivity contribution < 1.29 is 29.0 Å². The Morgan fingerprint density at radius 2 is 2.11 bits per heavy atom. The van der Waals surface area contributed by atoms with E-state index < -0.39 is 35.2 Å². The molecule has 2 amide bonds. The number of nitrogens with one attached hydrogen (secondary N) is 1. The van der Waals surface area contributed by atoms with E-state index in [4.69, 9.17) is 16.3 Å². The number of β-lactam (4-membered cyclic amide) rings is 1. The lowest BCUT2D eigenvalue weighted by Gasteiger charge is -2.49. The lowest BCUT2D eigenvalue weighted by Crippen LogP contribution is -2.70. The molecule has 10 nitrogen and oxygen atoms in total. The first-order valence-corrected chi connectivity index (χ1v) is 9.59. The highest BCUT2D eigenvalue weighted by molar-refractivity contribution is 8.00. The van der Waals surface area contributed by atoms with Gasteiger partial charge in [-0.1, -0.05) is 11.6 Å². The zero-order chi connectivity index (χ0) is 20.7. The summed E-state index contributed by atoms with van der Waals surface area (Å²) in [6.07, 6.45) is 0. The maximum absolute atomic E-state index is 12.6. The minimum atomic E-state index is -1.30. The van der Waals surface area contributed by atoms with Crippen LogP contribution in [-0.4, -0.2) is 67.3 Å². The number of nitrogens with zero attached hydrogens (tertiary/aromatic N) is 3. The summed E-state index contributed by atoms with van der Waals surface area (Å²) in [5.74, 6) is -2.72. The predicted octanol–water partition coefficient (Wildman–Crippen LogP) is 0.297. The second-order valence-corrected chi connectivity index (χ2v) is 7.75. The van der Waals surface area contributed by atoms with Gasteiger partial charge >= 0.3 is 11.9 Å². The molecule has 1 aromatic heterocycles. The molecule has 2 aliphatic heterocycles. The maximum atomic E-state index is 12.6. The molecule has 2 aliphatic rings. The zero-order valence-corrected chi connectivity index (χ0v) is 16.8. The van der Waals surface area contributed by atoms with Crippen LogP contribution in [0.1, 0.15) is 23.1 Å². The molecule has 0 radical (unpaired) electrons. The molecule has 28 heavy (non-hydrogen) atoms. The van der Waals surface area contributed by atoms with Gasteiger partial charge in [0, 0.05) is 25.3 Å². The number of esters is 1. The molecule has 0 aromatic carbocycles. The summed E-state index contributed by atoms with van der Waals surface area (Å²) in [5.41, 5.74) is 0.715. The number of carboxylic acid groups (broad SMARTS) is 1. The Morgan fingerprint density at radius 3 is 2.64 bits per heavy atom. The van der Waals surface area contributed by atoms with Crippen LogP contribution >= 0.6 is 23.4 Å². The van der Waals surface area contributed by atoms with E-state index in [2.05, 4.69) is 10.4 Å². The minimum absolute atomic E-state index is 0.121. The van der Waals surface area contributed by atoms with E-state index in [0.717, 1.165) is 4.90 Å². The predicted molar refractivity (Wildman–Crippen MR) is 98.6 cm³/mol. The summed E-state index contributed by atoms with van der Waals surface area (Å²) in [7, 11) is 1.56. The van der Waals surface area contributed by atoms with Crippen LogP contribution in [0.25, 0.3) is 0 Å². The molecule has 2 atom stereocenters. The zero-order valence-electron chi connectivity index (χ0n) is 15.2. The van der Waals surface area contributed by atoms with Gasteiger partial charge in [0.2, 0.25) is 0 Å². The molecule has 3 rings (SSSR count). The number of hydrogen-bond acceptors (Lipinski definition) is 7. The van der Waals surface area contributed by atoms with Gasteiger partial charge in [-0.15, -0.1) is 11.8 Å². The first-order chi connectivity index (χ1) is 13.1. The highest BCUT2D eigenvalue weighted by Crippen LogP contribution is 2.40. The number of aryl methyl sites for hydroxylation is 2. The van der Waals surface area contributed by atoms with Gasteiger partial charge in [0.05, 0.1) is 10.7 Å². The first kappa shape index (κ1) is 20.2. The molecular weight excluding hydrogens is 412 g/mol. The second kappa shape index (κ2) is 7.47. The molecule has 0 bridgehead atoms. The number of aromatic nitrogens is 2. The average molecular weight is 429 g/mol. The number of rotatable bonds is 5. The highest BCUT2D eigenvalue weighted by Gasteiger charge is 2.54. The average Bonchev–Trinajstić information content (AvgIpc) is 2.88. The van der Waals surface area contributed by atoms with Gasteiger partial charge in [-0.05, 0) is 6.92 Å². The van der Waals surface area contributed by atoms with Crippen molar-refractivity contribution in [3.63, 3.8) is 0 Å². The number of ether oxygens (including phenoxy) is 1. The van der Waals surface area contributed by atoms with Crippen molar-refractivity contribution >= 4 is 47.1 Å². The van der Waals surface area contributed by atoms with Gasteiger partial charge in [-0.3, -0.25) is 24.0 Å². The monoisotopic (exact) mass is 428 g/mol.